The average Bonchev–Trinajstić information content (AvgIpc) is 2.98. The maximum absolute atomic E-state index is 15.2. The van der Waals surface area contributed by atoms with Crippen molar-refractivity contribution in [3.05, 3.63) is 132 Å². The van der Waals surface area contributed by atoms with Gasteiger partial charge in [-0.2, -0.15) is 35.8 Å². The number of ether oxygens (including phenoxy) is 1. The molecule has 11 heteroatoms. The normalized spacial score (nSPS) is 13.4. The number of benzene rings is 4. The molecular weight excluding hydrogens is 551 g/mol. The van der Waals surface area contributed by atoms with Crippen LogP contribution in [0.3, 0.4) is 0 Å². The van der Waals surface area contributed by atoms with Crippen LogP contribution in [0.15, 0.2) is 130 Å². The van der Waals surface area contributed by atoms with Crippen LogP contribution in [0.5, 0.6) is 5.75 Å². The third kappa shape index (κ3) is 5.70. The summed E-state index contributed by atoms with van der Waals surface area (Å²) in [5, 5.41) is 7.58. The van der Waals surface area contributed by atoms with Crippen LogP contribution in [-0.4, -0.2) is 31.0 Å². The summed E-state index contributed by atoms with van der Waals surface area (Å²) >= 11 is 0. The number of hydrogen-bond donors (Lipinski definition) is 0. The molecule has 0 spiro atoms. The molecule has 0 aliphatic carbocycles. The number of hydrogen-bond acceptors (Lipinski definition) is 3. The molecule has 0 heterocycles. The first kappa shape index (κ1) is 29.4. The van der Waals surface area contributed by atoms with Crippen LogP contribution in [0.25, 0.3) is 0 Å². The fourth-order valence-electron chi connectivity index (χ4n) is 4.09. The lowest BCUT2D eigenvalue weighted by Crippen LogP contribution is -2.55. The van der Waals surface area contributed by atoms with Crippen molar-refractivity contribution >= 4 is 11.5 Å². The molecule has 4 nitrogen and oxygen atoms in total. The maximum Gasteiger partial charge on any atom is 0.460 e. The smallest absolute Gasteiger partial charge is 0.460 e. The molecule has 0 fully saturated rings. The Morgan fingerprint density at radius 3 is 1.37 bits per heavy atom. The van der Waals surface area contributed by atoms with Crippen LogP contribution in [0.2, 0.25) is 0 Å². The van der Waals surface area contributed by atoms with Gasteiger partial charge in [-0.25, -0.2) is 4.99 Å². The van der Waals surface area contributed by atoms with Crippen LogP contribution < -0.4 is 4.74 Å². The predicted molar refractivity (Wildman–Crippen MR) is 140 cm³/mol. The lowest BCUT2D eigenvalue weighted by atomic mass is 9.78. The largest absolute Gasteiger partial charge is 0.497 e. The monoisotopic (exact) mass is 573 g/mol. The zero-order valence-electron chi connectivity index (χ0n) is 21.4. The molecule has 4 rings (SSSR count). The number of methoxy groups -OCH3 is 1. The topological polar surface area (TPSA) is 46.3 Å². The molecule has 0 amide bonds. The molecule has 0 aliphatic rings. The van der Waals surface area contributed by atoms with Crippen LogP contribution in [0.1, 0.15) is 16.7 Å². The number of halogens is 7. The molecule has 0 aliphatic heterocycles. The standard InChI is InChI=1S/C30H22F7N3O/c1-41-25-19-17-24(18-20-25)38-26(28(31,32)29(33,34)30(35,36)37)39-40-27(21-11-5-2-6-12-21,22-13-7-3-8-14-22)23-15-9-4-10-16-23/h2-20H,1H3. The SMILES string of the molecule is COc1ccc(N=C(N=NC(c2ccccc2)(c2ccccc2)c2ccccc2)C(F)(F)C(F)(F)C(F)(F)F)cc1. The molecule has 0 aromatic heterocycles. The van der Waals surface area contributed by atoms with E-state index in [1.165, 1.54) is 19.2 Å². The molecule has 4 aromatic rings. The zero-order chi connectivity index (χ0) is 29.7. The average molecular weight is 574 g/mol. The Labute approximate surface area is 230 Å². The summed E-state index contributed by atoms with van der Waals surface area (Å²) in [5.74, 6) is -14.3. The molecule has 0 N–H and O–H groups in total. The van der Waals surface area contributed by atoms with Gasteiger partial charge in [-0.15, -0.1) is 5.11 Å². The molecule has 0 radical (unpaired) electrons. The minimum absolute atomic E-state index is 0.274. The summed E-state index contributed by atoms with van der Waals surface area (Å²) in [5.41, 5.74) is -0.946. The van der Waals surface area contributed by atoms with Gasteiger partial charge in [-0.1, -0.05) is 91.0 Å². The van der Waals surface area contributed by atoms with Gasteiger partial charge in [0.25, 0.3) is 0 Å². The Morgan fingerprint density at radius 2 is 1.00 bits per heavy atom. The second-order valence-electron chi connectivity index (χ2n) is 8.79. The maximum atomic E-state index is 15.2. The van der Waals surface area contributed by atoms with Gasteiger partial charge in [0.2, 0.25) is 5.84 Å². The van der Waals surface area contributed by atoms with Crippen LogP contribution in [-0.2, 0) is 5.54 Å². The first-order valence-corrected chi connectivity index (χ1v) is 12.1. The fourth-order valence-corrected chi connectivity index (χ4v) is 4.09. The molecule has 0 saturated heterocycles. The lowest BCUT2D eigenvalue weighted by molar-refractivity contribution is -0.336. The molecule has 0 unspecified atom stereocenters. The second-order valence-corrected chi connectivity index (χ2v) is 8.79. The van der Waals surface area contributed by atoms with Crippen LogP contribution in [0.4, 0.5) is 36.4 Å². The molecule has 41 heavy (non-hydrogen) atoms. The Bertz CT molecular complexity index is 1390. The number of alkyl halides is 7. The van der Waals surface area contributed by atoms with E-state index in [9.17, 15) is 22.0 Å². The van der Waals surface area contributed by atoms with E-state index >= 15 is 8.78 Å². The van der Waals surface area contributed by atoms with Crippen molar-refractivity contribution in [1.29, 1.82) is 0 Å². The molecule has 0 saturated carbocycles. The van der Waals surface area contributed by atoms with E-state index in [2.05, 4.69) is 15.2 Å². The van der Waals surface area contributed by atoms with E-state index in [4.69, 9.17) is 4.74 Å². The predicted octanol–water partition coefficient (Wildman–Crippen LogP) is 9.00. The van der Waals surface area contributed by atoms with Crippen molar-refractivity contribution in [1.82, 2.24) is 0 Å². The number of azo groups is 1. The Morgan fingerprint density at radius 1 is 0.585 bits per heavy atom. The molecule has 212 valence electrons. The van der Waals surface area contributed by atoms with Gasteiger partial charge < -0.3 is 4.74 Å². The first-order valence-electron chi connectivity index (χ1n) is 12.1. The minimum atomic E-state index is -6.61. The lowest BCUT2D eigenvalue weighted by Gasteiger charge is -2.31. The molecule has 0 atom stereocenters. The van der Waals surface area contributed by atoms with Gasteiger partial charge in [-0.3, -0.25) is 0 Å². The second kappa shape index (κ2) is 11.5. The fraction of sp³-hybridized carbons (Fsp3) is 0.167. The van der Waals surface area contributed by atoms with Crippen molar-refractivity contribution in [2.75, 3.05) is 7.11 Å². The van der Waals surface area contributed by atoms with E-state index < -0.39 is 29.4 Å². The van der Waals surface area contributed by atoms with Gasteiger partial charge in [0, 0.05) is 0 Å². The van der Waals surface area contributed by atoms with E-state index in [1.54, 1.807) is 91.0 Å². The van der Waals surface area contributed by atoms with Crippen LogP contribution in [0, 0.1) is 0 Å². The van der Waals surface area contributed by atoms with Crippen molar-refractivity contribution < 1.29 is 35.5 Å². The zero-order valence-corrected chi connectivity index (χ0v) is 21.4. The van der Waals surface area contributed by atoms with Crippen molar-refractivity contribution in [2.45, 2.75) is 23.6 Å². The number of rotatable bonds is 8. The van der Waals surface area contributed by atoms with Gasteiger partial charge in [0.1, 0.15) is 5.75 Å². The Balaban J connectivity index is 2.02. The third-order valence-corrected chi connectivity index (χ3v) is 6.21. The van der Waals surface area contributed by atoms with E-state index in [-0.39, 0.29) is 11.4 Å². The molecule has 4 aromatic carbocycles. The van der Waals surface area contributed by atoms with Crippen molar-refractivity contribution in [2.24, 2.45) is 15.2 Å². The van der Waals surface area contributed by atoms with E-state index in [0.717, 1.165) is 12.1 Å². The third-order valence-electron chi connectivity index (χ3n) is 6.21. The van der Waals surface area contributed by atoms with Gasteiger partial charge >= 0.3 is 18.0 Å². The van der Waals surface area contributed by atoms with Crippen LogP contribution >= 0.6 is 0 Å². The summed E-state index contributed by atoms with van der Waals surface area (Å²) in [7, 11) is 1.33. The summed E-state index contributed by atoms with van der Waals surface area (Å²) in [6.45, 7) is 0. The Kier molecular flexibility index (Phi) is 8.27. The Hall–Kier alpha value is -4.54. The van der Waals surface area contributed by atoms with E-state index in [1.807, 2.05) is 0 Å². The van der Waals surface area contributed by atoms with Crippen molar-refractivity contribution in [3.63, 3.8) is 0 Å². The van der Waals surface area contributed by atoms with Gasteiger partial charge in [0.15, 0.2) is 5.54 Å². The minimum Gasteiger partial charge on any atom is -0.497 e. The van der Waals surface area contributed by atoms with E-state index in [0.29, 0.717) is 16.7 Å². The highest BCUT2D eigenvalue weighted by molar-refractivity contribution is 5.92. The summed E-state index contributed by atoms with van der Waals surface area (Å²) in [6.07, 6.45) is -6.61. The molecular formula is C30H22F7N3O. The highest BCUT2D eigenvalue weighted by atomic mass is 19.4. The van der Waals surface area contributed by atoms with Crippen molar-refractivity contribution in [3.8, 4) is 5.75 Å². The quantitative estimate of drug-likeness (QED) is 0.0682. The number of amidine groups is 1. The first-order chi connectivity index (χ1) is 19.4. The highest BCUT2D eigenvalue weighted by Crippen LogP contribution is 2.48. The highest BCUT2D eigenvalue weighted by Gasteiger charge is 2.75. The number of nitrogens with zero attached hydrogens (tertiary/aromatic N) is 3. The van der Waals surface area contributed by atoms with Gasteiger partial charge in [0.05, 0.1) is 12.8 Å². The summed E-state index contributed by atoms with van der Waals surface area (Å²) in [6, 6.07) is 29.4. The summed E-state index contributed by atoms with van der Waals surface area (Å²) < 4.78 is 104. The summed E-state index contributed by atoms with van der Waals surface area (Å²) in [4.78, 5) is 3.44. The molecule has 0 bridgehead atoms. The number of aliphatic imine (C=N–C) groups is 1. The van der Waals surface area contributed by atoms with Gasteiger partial charge in [-0.05, 0) is 41.0 Å².